The third-order valence-electron chi connectivity index (χ3n) is 6.94. The van der Waals surface area contributed by atoms with E-state index in [4.69, 9.17) is 4.74 Å². The van der Waals surface area contributed by atoms with E-state index in [1.54, 1.807) is 18.9 Å². The number of ether oxygens (including phenoxy) is 1. The number of nitrogens with zero attached hydrogens (tertiary/aromatic N) is 5. The second-order valence-corrected chi connectivity index (χ2v) is 10.7. The van der Waals surface area contributed by atoms with Gasteiger partial charge in [-0.3, -0.25) is 14.3 Å². The lowest BCUT2D eigenvalue weighted by atomic mass is 10.2. The van der Waals surface area contributed by atoms with E-state index in [-0.39, 0.29) is 5.91 Å². The van der Waals surface area contributed by atoms with Gasteiger partial charge in [0.05, 0.1) is 7.11 Å². The van der Waals surface area contributed by atoms with Gasteiger partial charge in [-0.1, -0.05) is 84.6 Å². The Morgan fingerprint density at radius 2 is 1.68 bits per heavy atom. The first-order valence-corrected chi connectivity index (χ1v) is 14.7. The monoisotopic (exact) mass is 553 g/mol. The standard InChI is InChI=1S/C32H35N5O2S/c1-39-29-17-8-14-27(25-29)31-33-34-32(37(31)28-15-6-3-7-16-28)40-24-10-18-30(38)36-22-20-35(21-23-36)19-9-13-26-11-4-2-5-12-26/h2-9,11-17,25H,10,18-24H2,1H3/b13-9+. The van der Waals surface area contributed by atoms with Gasteiger partial charge in [-0.05, 0) is 36.2 Å². The Morgan fingerprint density at radius 3 is 2.42 bits per heavy atom. The van der Waals surface area contributed by atoms with Crippen LogP contribution in [0.3, 0.4) is 0 Å². The molecule has 8 heteroatoms. The van der Waals surface area contributed by atoms with E-state index in [1.165, 1.54) is 5.56 Å². The Balaban J connectivity index is 1.12. The molecule has 0 bridgehead atoms. The molecular weight excluding hydrogens is 518 g/mol. The molecule has 1 amide bonds. The van der Waals surface area contributed by atoms with Crippen molar-refractivity contribution >= 4 is 23.7 Å². The lowest BCUT2D eigenvalue weighted by Gasteiger charge is -2.34. The molecule has 2 heterocycles. The molecule has 206 valence electrons. The third-order valence-corrected chi connectivity index (χ3v) is 7.96. The number of benzene rings is 3. The van der Waals surface area contributed by atoms with Crippen molar-refractivity contribution in [3.05, 3.63) is 96.6 Å². The largest absolute Gasteiger partial charge is 0.497 e. The summed E-state index contributed by atoms with van der Waals surface area (Å²) in [6.07, 6.45) is 5.70. The quantitative estimate of drug-likeness (QED) is 0.176. The zero-order valence-electron chi connectivity index (χ0n) is 22.9. The molecule has 0 unspecified atom stereocenters. The SMILES string of the molecule is COc1cccc(-c2nnc(SCCCC(=O)N3CCN(C/C=C/c4ccccc4)CC3)n2-c2ccccc2)c1. The number of hydrogen-bond acceptors (Lipinski definition) is 6. The number of carbonyl (C=O) groups excluding carboxylic acids is 1. The summed E-state index contributed by atoms with van der Waals surface area (Å²) < 4.78 is 7.49. The van der Waals surface area contributed by atoms with Crippen LogP contribution in [0.4, 0.5) is 0 Å². The van der Waals surface area contributed by atoms with Crippen LogP contribution in [-0.2, 0) is 4.79 Å². The smallest absolute Gasteiger partial charge is 0.222 e. The average Bonchev–Trinajstić information content (AvgIpc) is 3.44. The normalized spacial score (nSPS) is 14.1. The second kappa shape index (κ2) is 14.0. The number of carbonyl (C=O) groups is 1. The third kappa shape index (κ3) is 7.20. The van der Waals surface area contributed by atoms with Crippen LogP contribution in [0, 0.1) is 0 Å². The number of rotatable bonds is 11. The van der Waals surface area contributed by atoms with Crippen molar-refractivity contribution in [2.75, 3.05) is 45.6 Å². The minimum atomic E-state index is 0.238. The van der Waals surface area contributed by atoms with Crippen LogP contribution in [0.5, 0.6) is 5.75 Å². The molecule has 1 aromatic heterocycles. The van der Waals surface area contributed by atoms with E-state index < -0.39 is 0 Å². The van der Waals surface area contributed by atoms with Crippen LogP contribution in [0.2, 0.25) is 0 Å². The second-order valence-electron chi connectivity index (χ2n) is 9.66. The fraction of sp³-hybridized carbons (Fsp3) is 0.281. The minimum Gasteiger partial charge on any atom is -0.497 e. The summed E-state index contributed by atoms with van der Waals surface area (Å²) in [6.45, 7) is 4.31. The van der Waals surface area contributed by atoms with Gasteiger partial charge in [0.25, 0.3) is 0 Å². The minimum absolute atomic E-state index is 0.238. The highest BCUT2D eigenvalue weighted by atomic mass is 32.2. The molecular formula is C32H35N5O2S. The number of hydrogen-bond donors (Lipinski definition) is 0. The average molecular weight is 554 g/mol. The number of amides is 1. The summed E-state index contributed by atoms with van der Waals surface area (Å²) in [6, 6.07) is 28.3. The molecule has 1 aliphatic rings. The molecule has 1 aliphatic heterocycles. The molecule has 40 heavy (non-hydrogen) atoms. The maximum atomic E-state index is 12.9. The number of piperazine rings is 1. The Morgan fingerprint density at radius 1 is 0.925 bits per heavy atom. The predicted molar refractivity (Wildman–Crippen MR) is 162 cm³/mol. The number of thioether (sulfide) groups is 1. The van der Waals surface area contributed by atoms with E-state index in [9.17, 15) is 4.79 Å². The molecule has 1 fully saturated rings. The molecule has 1 saturated heterocycles. The van der Waals surface area contributed by atoms with Gasteiger partial charge in [0.2, 0.25) is 5.91 Å². The summed E-state index contributed by atoms with van der Waals surface area (Å²) >= 11 is 1.64. The molecule has 0 aliphatic carbocycles. The van der Waals surface area contributed by atoms with Crippen molar-refractivity contribution in [1.29, 1.82) is 0 Å². The van der Waals surface area contributed by atoms with Crippen molar-refractivity contribution < 1.29 is 9.53 Å². The Labute approximate surface area is 240 Å². The summed E-state index contributed by atoms with van der Waals surface area (Å²) in [7, 11) is 1.66. The Kier molecular flexibility index (Phi) is 9.66. The van der Waals surface area contributed by atoms with Crippen molar-refractivity contribution in [2.45, 2.75) is 18.0 Å². The molecule has 5 rings (SSSR count). The highest BCUT2D eigenvalue weighted by Gasteiger charge is 2.21. The van der Waals surface area contributed by atoms with Crippen molar-refractivity contribution in [1.82, 2.24) is 24.6 Å². The van der Waals surface area contributed by atoms with Crippen LogP contribution in [-0.4, -0.2) is 76.1 Å². The fourth-order valence-corrected chi connectivity index (χ4v) is 5.64. The van der Waals surface area contributed by atoms with Crippen molar-refractivity contribution in [3.8, 4) is 22.8 Å². The first-order chi connectivity index (χ1) is 19.7. The molecule has 0 spiro atoms. The van der Waals surface area contributed by atoms with Crippen LogP contribution in [0.1, 0.15) is 18.4 Å². The van der Waals surface area contributed by atoms with Gasteiger partial charge < -0.3 is 9.64 Å². The zero-order valence-corrected chi connectivity index (χ0v) is 23.7. The van der Waals surface area contributed by atoms with Crippen molar-refractivity contribution in [2.24, 2.45) is 0 Å². The molecule has 0 saturated carbocycles. The van der Waals surface area contributed by atoms with E-state index in [0.29, 0.717) is 6.42 Å². The molecule has 7 nitrogen and oxygen atoms in total. The van der Waals surface area contributed by atoms with Crippen LogP contribution in [0.25, 0.3) is 23.2 Å². The zero-order chi connectivity index (χ0) is 27.6. The van der Waals surface area contributed by atoms with Gasteiger partial charge in [-0.15, -0.1) is 10.2 Å². The van der Waals surface area contributed by atoms with Crippen molar-refractivity contribution in [3.63, 3.8) is 0 Å². The highest BCUT2D eigenvalue weighted by Crippen LogP contribution is 2.30. The summed E-state index contributed by atoms with van der Waals surface area (Å²) in [4.78, 5) is 17.3. The molecule has 0 radical (unpaired) electrons. The summed E-state index contributed by atoms with van der Waals surface area (Å²) in [5, 5.41) is 9.85. The fourth-order valence-electron chi connectivity index (χ4n) is 4.75. The van der Waals surface area contributed by atoms with E-state index in [0.717, 1.165) is 72.9 Å². The number of para-hydroxylation sites is 1. The summed E-state index contributed by atoms with van der Waals surface area (Å²) in [5.41, 5.74) is 3.15. The number of methoxy groups -OCH3 is 1. The molecule has 3 aromatic carbocycles. The molecule has 0 atom stereocenters. The first-order valence-electron chi connectivity index (χ1n) is 13.7. The molecule has 4 aromatic rings. The van der Waals surface area contributed by atoms with Gasteiger partial charge in [0.1, 0.15) is 5.75 Å². The first kappa shape index (κ1) is 27.7. The maximum Gasteiger partial charge on any atom is 0.222 e. The Hall–Kier alpha value is -3.88. The number of aromatic nitrogens is 3. The van der Waals surface area contributed by atoms with Crippen LogP contribution < -0.4 is 4.74 Å². The lowest BCUT2D eigenvalue weighted by Crippen LogP contribution is -2.48. The maximum absolute atomic E-state index is 12.9. The highest BCUT2D eigenvalue weighted by molar-refractivity contribution is 7.99. The van der Waals surface area contributed by atoms with Gasteiger partial charge in [0, 0.05) is 56.1 Å². The van der Waals surface area contributed by atoms with E-state index >= 15 is 0 Å². The summed E-state index contributed by atoms with van der Waals surface area (Å²) in [5.74, 6) is 2.57. The van der Waals surface area contributed by atoms with Gasteiger partial charge in [-0.2, -0.15) is 0 Å². The van der Waals surface area contributed by atoms with Crippen LogP contribution in [0.15, 0.2) is 96.2 Å². The van der Waals surface area contributed by atoms with Gasteiger partial charge in [-0.25, -0.2) is 0 Å². The predicted octanol–water partition coefficient (Wildman–Crippen LogP) is 5.67. The van der Waals surface area contributed by atoms with Crippen LogP contribution >= 0.6 is 11.8 Å². The van der Waals surface area contributed by atoms with E-state index in [1.807, 2.05) is 53.4 Å². The topological polar surface area (TPSA) is 63.5 Å². The lowest BCUT2D eigenvalue weighted by molar-refractivity contribution is -0.132. The molecule has 0 N–H and O–H groups in total. The van der Waals surface area contributed by atoms with Gasteiger partial charge in [0.15, 0.2) is 11.0 Å². The van der Waals surface area contributed by atoms with Gasteiger partial charge >= 0.3 is 0 Å². The Bertz CT molecular complexity index is 1400. The van der Waals surface area contributed by atoms with E-state index in [2.05, 4.69) is 68.2 Å².